The molecule has 9 nitrogen and oxygen atoms in total. The van der Waals surface area contributed by atoms with Crippen molar-refractivity contribution >= 4 is 23.5 Å². The summed E-state index contributed by atoms with van der Waals surface area (Å²) in [5.74, 6) is -1.40. The van der Waals surface area contributed by atoms with E-state index in [2.05, 4.69) is 15.7 Å². The van der Waals surface area contributed by atoms with Crippen molar-refractivity contribution in [3.63, 3.8) is 0 Å². The van der Waals surface area contributed by atoms with Gasteiger partial charge in [-0.1, -0.05) is 24.3 Å². The minimum Gasteiger partial charge on any atom is -0.340 e. The number of amides is 3. The average molecular weight is 407 g/mol. The van der Waals surface area contributed by atoms with Gasteiger partial charge in [0.15, 0.2) is 5.78 Å². The van der Waals surface area contributed by atoms with Crippen molar-refractivity contribution < 1.29 is 19.2 Å². The summed E-state index contributed by atoms with van der Waals surface area (Å²) in [4.78, 5) is 56.2. The van der Waals surface area contributed by atoms with Crippen LogP contribution in [-0.4, -0.2) is 69.6 Å². The molecule has 2 aliphatic heterocycles. The lowest BCUT2D eigenvalue weighted by molar-refractivity contribution is -0.140. The number of aromatic nitrogens is 1. The van der Waals surface area contributed by atoms with E-state index >= 15 is 0 Å². The number of carbonyl (C=O) groups excluding carboxylic acids is 4. The molecule has 2 N–H and O–H groups in total. The first-order valence-electron chi connectivity index (χ1n) is 9.64. The number of nitrogens with one attached hydrogen (secondary N) is 2. The lowest BCUT2D eigenvalue weighted by Crippen LogP contribution is -2.54. The molecule has 2 saturated heterocycles. The molecule has 9 heteroatoms. The van der Waals surface area contributed by atoms with Gasteiger partial charge in [0.25, 0.3) is 17.7 Å². The second-order valence-electron chi connectivity index (χ2n) is 7.26. The monoisotopic (exact) mass is 407 g/mol. The molecule has 3 amide bonds. The van der Waals surface area contributed by atoms with E-state index in [0.717, 1.165) is 0 Å². The highest BCUT2D eigenvalue weighted by atomic mass is 16.2. The van der Waals surface area contributed by atoms with Gasteiger partial charge in [-0.05, 0) is 31.2 Å². The van der Waals surface area contributed by atoms with Gasteiger partial charge in [-0.25, -0.2) is 5.43 Å². The van der Waals surface area contributed by atoms with Crippen LogP contribution in [0.15, 0.2) is 54.7 Å². The number of benzene rings is 1. The van der Waals surface area contributed by atoms with Crippen LogP contribution >= 0.6 is 0 Å². The fourth-order valence-corrected chi connectivity index (χ4v) is 3.81. The van der Waals surface area contributed by atoms with Gasteiger partial charge in [0, 0.05) is 18.3 Å². The number of hydrogen-bond donors (Lipinski definition) is 2. The van der Waals surface area contributed by atoms with Gasteiger partial charge in [0.2, 0.25) is 0 Å². The molecule has 0 bridgehead atoms. The Bertz CT molecular complexity index is 981. The van der Waals surface area contributed by atoms with Crippen LogP contribution in [0.2, 0.25) is 0 Å². The Labute approximate surface area is 173 Å². The quantitative estimate of drug-likeness (QED) is 0.739. The van der Waals surface area contributed by atoms with E-state index in [9.17, 15) is 19.2 Å². The summed E-state index contributed by atoms with van der Waals surface area (Å²) in [7, 11) is 0. The molecule has 0 saturated carbocycles. The van der Waals surface area contributed by atoms with Crippen molar-refractivity contribution in [1.29, 1.82) is 0 Å². The summed E-state index contributed by atoms with van der Waals surface area (Å²) in [6.45, 7) is 1.75. The van der Waals surface area contributed by atoms with Crippen molar-refractivity contribution in [2.45, 2.75) is 25.0 Å². The van der Waals surface area contributed by atoms with E-state index in [4.69, 9.17) is 0 Å². The number of pyridine rings is 1. The first kappa shape index (κ1) is 19.7. The largest absolute Gasteiger partial charge is 0.340 e. The van der Waals surface area contributed by atoms with Crippen LogP contribution in [0.5, 0.6) is 0 Å². The summed E-state index contributed by atoms with van der Waals surface area (Å²) < 4.78 is 0. The summed E-state index contributed by atoms with van der Waals surface area (Å²) in [6, 6.07) is 11.4. The molecule has 0 radical (unpaired) electrons. The zero-order valence-electron chi connectivity index (χ0n) is 16.3. The number of hydrogen-bond acceptors (Lipinski definition) is 6. The number of fused-ring (bicyclic) bond motifs is 1. The molecule has 2 unspecified atom stereocenters. The summed E-state index contributed by atoms with van der Waals surface area (Å²) >= 11 is 0. The summed E-state index contributed by atoms with van der Waals surface area (Å²) in [5.41, 5.74) is 3.60. The number of ketones is 1. The van der Waals surface area contributed by atoms with E-state index in [0.29, 0.717) is 5.56 Å². The topological polar surface area (TPSA) is 112 Å². The SMILES string of the molecule is C[C@H](NC(=O)c1ccccc1)C(=O)N1NCC2C1C(=O)CN2C(=O)c1ccccn1. The van der Waals surface area contributed by atoms with E-state index in [1.165, 1.54) is 16.1 Å². The Hall–Kier alpha value is -3.59. The lowest BCUT2D eigenvalue weighted by Gasteiger charge is -2.25. The zero-order chi connectivity index (χ0) is 21.3. The van der Waals surface area contributed by atoms with Gasteiger partial charge in [-0.2, -0.15) is 0 Å². The van der Waals surface area contributed by atoms with Gasteiger partial charge < -0.3 is 10.2 Å². The third-order valence-electron chi connectivity index (χ3n) is 5.31. The number of nitrogens with zero attached hydrogens (tertiary/aromatic N) is 3. The third-order valence-corrected chi connectivity index (χ3v) is 5.31. The summed E-state index contributed by atoms with van der Waals surface area (Å²) in [6.07, 6.45) is 1.52. The molecule has 2 fully saturated rings. The van der Waals surface area contributed by atoms with Crippen molar-refractivity contribution in [1.82, 2.24) is 25.6 Å². The Kier molecular flexibility index (Phi) is 5.28. The molecule has 2 aromatic rings. The number of carbonyl (C=O) groups is 4. The van der Waals surface area contributed by atoms with Crippen LogP contribution in [0.4, 0.5) is 0 Å². The highest BCUT2D eigenvalue weighted by Crippen LogP contribution is 2.26. The van der Waals surface area contributed by atoms with Crippen molar-refractivity contribution in [3.05, 3.63) is 66.0 Å². The second-order valence-corrected chi connectivity index (χ2v) is 7.26. The molecule has 3 heterocycles. The second kappa shape index (κ2) is 8.03. The molecular weight excluding hydrogens is 386 g/mol. The Morgan fingerprint density at radius 3 is 2.57 bits per heavy atom. The standard InChI is InChI=1S/C21H21N5O4/c1-13(24-19(28)14-7-3-2-4-8-14)20(29)26-18-16(11-23-26)25(12-17(18)27)21(30)15-9-5-6-10-22-15/h2-10,13,16,18,23H,11-12H2,1H3,(H,24,28)/t13-,16?,18?/m0/s1. The van der Waals surface area contributed by atoms with Crippen LogP contribution in [-0.2, 0) is 9.59 Å². The highest BCUT2D eigenvalue weighted by Gasteiger charge is 2.52. The fourth-order valence-electron chi connectivity index (χ4n) is 3.81. The Morgan fingerprint density at radius 1 is 1.13 bits per heavy atom. The lowest BCUT2D eigenvalue weighted by atomic mass is 10.1. The zero-order valence-corrected chi connectivity index (χ0v) is 16.3. The number of likely N-dealkylation sites (tertiary alicyclic amines) is 1. The molecule has 3 atom stereocenters. The number of rotatable bonds is 4. The number of Topliss-reactive ketones (excluding diaryl/α,β-unsaturated/α-hetero) is 1. The summed E-state index contributed by atoms with van der Waals surface area (Å²) in [5, 5.41) is 3.90. The van der Waals surface area contributed by atoms with Crippen LogP contribution in [0.1, 0.15) is 27.8 Å². The van der Waals surface area contributed by atoms with Crippen molar-refractivity contribution in [2.75, 3.05) is 13.1 Å². The first-order chi connectivity index (χ1) is 14.5. The first-order valence-corrected chi connectivity index (χ1v) is 9.64. The van der Waals surface area contributed by atoms with Crippen LogP contribution in [0.25, 0.3) is 0 Å². The molecule has 0 spiro atoms. The predicted octanol–water partition coefficient (Wildman–Crippen LogP) is 0.00900. The Morgan fingerprint density at radius 2 is 1.87 bits per heavy atom. The van der Waals surface area contributed by atoms with E-state index in [1.54, 1.807) is 55.5 Å². The number of hydrazine groups is 1. The minimum atomic E-state index is -0.850. The molecule has 0 aliphatic carbocycles. The van der Waals surface area contributed by atoms with Gasteiger partial charge >= 0.3 is 0 Å². The molecule has 2 aliphatic rings. The molecule has 1 aromatic heterocycles. The van der Waals surface area contributed by atoms with E-state index in [-0.39, 0.29) is 36.4 Å². The van der Waals surface area contributed by atoms with E-state index < -0.39 is 24.0 Å². The van der Waals surface area contributed by atoms with E-state index in [1.807, 2.05) is 0 Å². The maximum Gasteiger partial charge on any atom is 0.273 e. The van der Waals surface area contributed by atoms with Crippen molar-refractivity contribution in [3.8, 4) is 0 Å². The maximum absolute atomic E-state index is 12.9. The third kappa shape index (κ3) is 3.55. The smallest absolute Gasteiger partial charge is 0.273 e. The van der Waals surface area contributed by atoms with Gasteiger partial charge in [0.05, 0.1) is 12.6 Å². The fraction of sp³-hybridized carbons (Fsp3) is 0.286. The Balaban J connectivity index is 1.45. The van der Waals surface area contributed by atoms with Gasteiger partial charge in [-0.3, -0.25) is 29.2 Å². The predicted molar refractivity (Wildman–Crippen MR) is 106 cm³/mol. The highest BCUT2D eigenvalue weighted by molar-refractivity contribution is 6.02. The molecule has 154 valence electrons. The molecular formula is C21H21N5O4. The van der Waals surface area contributed by atoms with Gasteiger partial charge in [0.1, 0.15) is 17.8 Å². The van der Waals surface area contributed by atoms with Crippen LogP contribution in [0.3, 0.4) is 0 Å². The molecule has 1 aromatic carbocycles. The normalized spacial score (nSPS) is 21.3. The van der Waals surface area contributed by atoms with Crippen molar-refractivity contribution in [2.24, 2.45) is 0 Å². The maximum atomic E-state index is 12.9. The molecule has 30 heavy (non-hydrogen) atoms. The van der Waals surface area contributed by atoms with Crippen LogP contribution < -0.4 is 10.7 Å². The van der Waals surface area contributed by atoms with Gasteiger partial charge in [-0.15, -0.1) is 0 Å². The van der Waals surface area contributed by atoms with Crippen LogP contribution in [0, 0.1) is 0 Å². The average Bonchev–Trinajstić information content (AvgIpc) is 3.35. The molecule has 4 rings (SSSR count). The minimum absolute atomic E-state index is 0.0824.